The summed E-state index contributed by atoms with van der Waals surface area (Å²) in [6.45, 7) is 0. The fraction of sp³-hybridized carbons (Fsp3) is 1.00. The standard InChI is InChI=1S/3C6H11.Sn.2H/c3*1-2-4-6-5-3-1;;;/h3*1H,2-6H2;;;/q;;;;;-1. The third-order valence-corrected chi connectivity index (χ3v) is 21.6. The predicted molar refractivity (Wildman–Crippen MR) is 88.8 cm³/mol. The van der Waals surface area contributed by atoms with Gasteiger partial charge in [-0.3, -0.25) is 0 Å². The maximum Gasteiger partial charge on any atom is -1.00 e. The molecule has 3 rings (SSSR count). The van der Waals surface area contributed by atoms with Crippen molar-refractivity contribution in [2.45, 2.75) is 108 Å². The Morgan fingerprint density at radius 1 is 0.421 bits per heavy atom. The minimum absolute atomic E-state index is 0. The average molecular weight is 370 g/mol. The van der Waals surface area contributed by atoms with E-state index in [-0.39, 0.29) is 1.43 Å². The van der Waals surface area contributed by atoms with Crippen LogP contribution < -0.4 is 0 Å². The molecule has 0 atom stereocenters. The number of rotatable bonds is 3. The molecule has 0 unspecified atom stereocenters. The summed E-state index contributed by atoms with van der Waals surface area (Å²) in [5.74, 6) is 0. The van der Waals surface area contributed by atoms with Crippen molar-refractivity contribution in [3.8, 4) is 0 Å². The van der Waals surface area contributed by atoms with Crippen molar-refractivity contribution in [2.75, 3.05) is 0 Å². The van der Waals surface area contributed by atoms with Crippen LogP contribution >= 0.6 is 0 Å². The summed E-state index contributed by atoms with van der Waals surface area (Å²) in [5.41, 5.74) is 0. The van der Waals surface area contributed by atoms with Crippen molar-refractivity contribution in [3.63, 3.8) is 0 Å². The van der Waals surface area contributed by atoms with E-state index in [2.05, 4.69) is 0 Å². The van der Waals surface area contributed by atoms with Gasteiger partial charge < -0.3 is 1.43 Å². The molecular weight excluding hydrogens is 335 g/mol. The Hall–Kier alpha value is 0.799. The summed E-state index contributed by atoms with van der Waals surface area (Å²) in [6.07, 6.45) is 24.3. The smallest absolute Gasteiger partial charge is 1.00 e. The molecule has 0 spiro atoms. The third kappa shape index (κ3) is 3.92. The van der Waals surface area contributed by atoms with Crippen molar-refractivity contribution in [3.05, 3.63) is 0 Å². The van der Waals surface area contributed by atoms with Gasteiger partial charge >= 0.3 is 128 Å². The van der Waals surface area contributed by atoms with Crippen LogP contribution in [-0.4, -0.2) is 19.8 Å². The van der Waals surface area contributed by atoms with E-state index in [1.807, 2.05) is 0 Å². The van der Waals surface area contributed by atoms with Gasteiger partial charge in [-0.15, -0.1) is 0 Å². The largest absolute Gasteiger partial charge is 1.00 e. The van der Waals surface area contributed by atoms with Gasteiger partial charge in [0.1, 0.15) is 0 Å². The summed E-state index contributed by atoms with van der Waals surface area (Å²) >= 11 is -1.31. The van der Waals surface area contributed by atoms with Gasteiger partial charge in [0.15, 0.2) is 0 Å². The second-order valence-electron chi connectivity index (χ2n) is 7.77. The molecule has 0 bridgehead atoms. The molecule has 0 aromatic heterocycles. The molecule has 3 fully saturated rings. The van der Waals surface area contributed by atoms with Gasteiger partial charge in [-0.1, -0.05) is 0 Å². The van der Waals surface area contributed by atoms with Crippen LogP contribution in [0.3, 0.4) is 0 Å². The zero-order chi connectivity index (χ0) is 12.9. The third-order valence-electron chi connectivity index (χ3n) is 6.58. The zero-order valence-electron chi connectivity index (χ0n) is 13.9. The van der Waals surface area contributed by atoms with E-state index in [0.29, 0.717) is 0 Å². The molecule has 3 aliphatic carbocycles. The van der Waals surface area contributed by atoms with Crippen molar-refractivity contribution in [1.82, 2.24) is 0 Å². The Morgan fingerprint density at radius 2 is 0.684 bits per heavy atom. The molecule has 0 aromatic rings. The van der Waals surface area contributed by atoms with E-state index in [0.717, 1.165) is 0 Å². The Kier molecular flexibility index (Phi) is 5.97. The van der Waals surface area contributed by atoms with Gasteiger partial charge in [0.2, 0.25) is 0 Å². The Morgan fingerprint density at radius 3 is 0.947 bits per heavy atom. The van der Waals surface area contributed by atoms with E-state index in [9.17, 15) is 0 Å². The predicted octanol–water partition coefficient (Wildman–Crippen LogP) is 6.33. The molecular formula is C18H35Sn-. The van der Waals surface area contributed by atoms with Crippen molar-refractivity contribution < 1.29 is 1.43 Å². The van der Waals surface area contributed by atoms with Gasteiger partial charge in [-0.05, 0) is 0 Å². The fourth-order valence-electron chi connectivity index (χ4n) is 5.71. The molecule has 0 aromatic carbocycles. The monoisotopic (exact) mass is 371 g/mol. The van der Waals surface area contributed by atoms with E-state index in [4.69, 9.17) is 0 Å². The van der Waals surface area contributed by atoms with E-state index in [1.54, 1.807) is 96.3 Å². The maximum atomic E-state index is 1.67. The molecule has 112 valence electrons. The van der Waals surface area contributed by atoms with Gasteiger partial charge in [0.05, 0.1) is 0 Å². The minimum atomic E-state index is -1.31. The van der Waals surface area contributed by atoms with Crippen LogP contribution in [0.5, 0.6) is 0 Å². The molecule has 0 radical (unpaired) electrons. The average Bonchev–Trinajstić information content (AvgIpc) is 2.51. The molecule has 0 nitrogen and oxygen atoms in total. The SMILES string of the molecule is C1CC[CH]([SnH]([CH]2CCCCC2)[CH]2CCCCC2)CC1.[H-]. The van der Waals surface area contributed by atoms with Crippen LogP contribution in [0.4, 0.5) is 0 Å². The normalized spacial score (nSPS) is 28.9. The van der Waals surface area contributed by atoms with Gasteiger partial charge in [-0.2, -0.15) is 0 Å². The van der Waals surface area contributed by atoms with Crippen LogP contribution in [0.1, 0.15) is 97.7 Å². The minimum Gasteiger partial charge on any atom is -1.00 e. The van der Waals surface area contributed by atoms with Gasteiger partial charge in [0.25, 0.3) is 0 Å². The second kappa shape index (κ2) is 7.71. The molecule has 0 amide bonds. The summed E-state index contributed by atoms with van der Waals surface area (Å²) < 4.78 is 4.00. The van der Waals surface area contributed by atoms with Crippen LogP contribution in [0.15, 0.2) is 0 Å². The molecule has 1 heteroatoms. The Bertz CT molecular complexity index is 207. The Balaban J connectivity index is 0.00000147. The van der Waals surface area contributed by atoms with Crippen LogP contribution in [0.2, 0.25) is 11.8 Å². The summed E-state index contributed by atoms with van der Waals surface area (Å²) in [5, 5.41) is 0. The van der Waals surface area contributed by atoms with E-state index in [1.165, 1.54) is 11.8 Å². The van der Waals surface area contributed by atoms with Crippen LogP contribution in [0, 0.1) is 0 Å². The molecule has 3 aliphatic rings. The number of hydrogen-bond donors (Lipinski definition) is 0. The molecule has 19 heavy (non-hydrogen) atoms. The molecule has 0 saturated heterocycles. The molecule has 0 N–H and O–H groups in total. The van der Waals surface area contributed by atoms with Crippen molar-refractivity contribution >= 4 is 19.8 Å². The van der Waals surface area contributed by atoms with Gasteiger partial charge in [0, 0.05) is 0 Å². The first-order valence-electron chi connectivity index (χ1n) is 9.45. The first-order valence-corrected chi connectivity index (χ1v) is 15.2. The summed E-state index contributed by atoms with van der Waals surface area (Å²) in [7, 11) is 0. The van der Waals surface area contributed by atoms with Crippen molar-refractivity contribution in [2.24, 2.45) is 0 Å². The van der Waals surface area contributed by atoms with E-state index >= 15 is 0 Å². The van der Waals surface area contributed by atoms with Gasteiger partial charge in [-0.25, -0.2) is 0 Å². The maximum absolute atomic E-state index is 1.67. The first kappa shape index (κ1) is 14.7. The molecule has 0 aliphatic heterocycles. The van der Waals surface area contributed by atoms with Crippen molar-refractivity contribution in [1.29, 1.82) is 0 Å². The first-order chi connectivity index (χ1) is 9.45. The van der Waals surface area contributed by atoms with E-state index < -0.39 is 19.8 Å². The second-order valence-corrected chi connectivity index (χ2v) is 19.1. The number of hydrogen-bond acceptors (Lipinski definition) is 0. The fourth-order valence-corrected chi connectivity index (χ4v) is 22.9. The topological polar surface area (TPSA) is 0 Å². The molecule has 3 saturated carbocycles. The summed E-state index contributed by atoms with van der Waals surface area (Å²) in [4.78, 5) is 0. The molecule has 0 heterocycles. The Labute approximate surface area is 129 Å². The zero-order valence-corrected chi connectivity index (χ0v) is 16.2. The summed E-state index contributed by atoms with van der Waals surface area (Å²) in [6, 6.07) is 0. The quantitative estimate of drug-likeness (QED) is 0.510. The van der Waals surface area contributed by atoms with Crippen LogP contribution in [-0.2, 0) is 0 Å². The van der Waals surface area contributed by atoms with Crippen LogP contribution in [0.25, 0.3) is 0 Å².